The summed E-state index contributed by atoms with van der Waals surface area (Å²) in [5.74, 6) is -0.573. The quantitative estimate of drug-likeness (QED) is 0.934. The molecule has 4 nitrogen and oxygen atoms in total. The molecule has 0 atom stereocenters. The summed E-state index contributed by atoms with van der Waals surface area (Å²) in [6.07, 6.45) is 2.21. The molecule has 3 rings (SSSR count). The van der Waals surface area contributed by atoms with Gasteiger partial charge in [-0.05, 0) is 36.2 Å². The van der Waals surface area contributed by atoms with Crippen LogP contribution in [0.15, 0.2) is 42.6 Å². The SMILES string of the molecule is CCCOc1ccc(F)c2c1[N]C=C(c1ccc(O)cc1)C2=O. The molecule has 5 heteroatoms. The van der Waals surface area contributed by atoms with E-state index in [1.807, 2.05) is 6.92 Å². The molecule has 0 fully saturated rings. The van der Waals surface area contributed by atoms with Gasteiger partial charge in [0.15, 0.2) is 5.78 Å². The third kappa shape index (κ3) is 2.77. The molecule has 0 saturated heterocycles. The summed E-state index contributed by atoms with van der Waals surface area (Å²) in [7, 11) is 0. The summed E-state index contributed by atoms with van der Waals surface area (Å²) < 4.78 is 19.7. The van der Waals surface area contributed by atoms with Gasteiger partial charge in [0.1, 0.15) is 23.0 Å². The molecule has 0 aliphatic carbocycles. The topological polar surface area (TPSA) is 60.6 Å². The van der Waals surface area contributed by atoms with E-state index < -0.39 is 11.6 Å². The van der Waals surface area contributed by atoms with Gasteiger partial charge in [0.2, 0.25) is 0 Å². The molecule has 1 heterocycles. The third-order valence-electron chi connectivity index (χ3n) is 3.52. The van der Waals surface area contributed by atoms with Crippen LogP contribution in [0.5, 0.6) is 11.5 Å². The number of hydrogen-bond acceptors (Lipinski definition) is 3. The average molecular weight is 312 g/mol. The van der Waals surface area contributed by atoms with Crippen LogP contribution >= 0.6 is 0 Å². The number of carbonyl (C=O) groups excluding carboxylic acids is 1. The monoisotopic (exact) mass is 312 g/mol. The van der Waals surface area contributed by atoms with Crippen LogP contribution < -0.4 is 10.1 Å². The maximum atomic E-state index is 14.2. The van der Waals surface area contributed by atoms with Crippen molar-refractivity contribution in [1.82, 2.24) is 5.32 Å². The van der Waals surface area contributed by atoms with Crippen molar-refractivity contribution in [3.63, 3.8) is 0 Å². The molecule has 1 N–H and O–H groups in total. The number of halogens is 1. The van der Waals surface area contributed by atoms with Crippen LogP contribution in [0.4, 0.5) is 10.1 Å². The summed E-state index contributed by atoms with van der Waals surface area (Å²) in [6, 6.07) is 8.83. The minimum absolute atomic E-state index is 0.0795. The largest absolute Gasteiger partial charge is 0.508 e. The van der Waals surface area contributed by atoms with Crippen molar-refractivity contribution in [2.45, 2.75) is 13.3 Å². The smallest absolute Gasteiger partial charge is 0.200 e. The molecule has 1 aliphatic heterocycles. The number of fused-ring (bicyclic) bond motifs is 1. The number of ether oxygens (including phenoxy) is 1. The van der Waals surface area contributed by atoms with Gasteiger partial charge in [0, 0.05) is 11.8 Å². The second-order valence-corrected chi connectivity index (χ2v) is 5.17. The Labute approximate surface area is 133 Å². The van der Waals surface area contributed by atoms with Crippen LogP contribution in [0, 0.1) is 5.82 Å². The molecule has 0 saturated carbocycles. The molecular formula is C18H15FNO3. The summed E-state index contributed by atoms with van der Waals surface area (Å²) >= 11 is 0. The van der Waals surface area contributed by atoms with Crippen LogP contribution in [0.2, 0.25) is 0 Å². The van der Waals surface area contributed by atoms with Crippen molar-refractivity contribution >= 4 is 17.0 Å². The Balaban J connectivity index is 2.02. The lowest BCUT2D eigenvalue weighted by Crippen LogP contribution is -2.16. The molecule has 1 aliphatic rings. The molecule has 0 spiro atoms. The fourth-order valence-electron chi connectivity index (χ4n) is 2.39. The number of nitrogens with zero attached hydrogens (tertiary/aromatic N) is 1. The highest BCUT2D eigenvalue weighted by atomic mass is 19.1. The van der Waals surface area contributed by atoms with E-state index in [4.69, 9.17) is 4.74 Å². The van der Waals surface area contributed by atoms with E-state index in [1.54, 1.807) is 12.1 Å². The lowest BCUT2D eigenvalue weighted by atomic mass is 9.93. The Morgan fingerprint density at radius 1 is 1.17 bits per heavy atom. The van der Waals surface area contributed by atoms with E-state index >= 15 is 0 Å². The van der Waals surface area contributed by atoms with E-state index in [1.165, 1.54) is 30.5 Å². The Hall–Kier alpha value is -2.82. The zero-order valence-corrected chi connectivity index (χ0v) is 12.5. The molecule has 0 amide bonds. The molecule has 1 radical (unpaired) electrons. The zero-order valence-electron chi connectivity index (χ0n) is 12.5. The first kappa shape index (κ1) is 15.1. The van der Waals surface area contributed by atoms with Crippen LogP contribution in [0.3, 0.4) is 0 Å². The molecular weight excluding hydrogens is 297 g/mol. The van der Waals surface area contributed by atoms with Crippen molar-refractivity contribution in [3.05, 3.63) is 59.5 Å². The number of hydrogen-bond donors (Lipinski definition) is 1. The van der Waals surface area contributed by atoms with Crippen molar-refractivity contribution in [2.24, 2.45) is 0 Å². The van der Waals surface area contributed by atoms with Gasteiger partial charge < -0.3 is 9.84 Å². The van der Waals surface area contributed by atoms with E-state index in [0.29, 0.717) is 17.9 Å². The Bertz CT molecular complexity index is 782. The number of benzene rings is 2. The summed E-state index contributed by atoms with van der Waals surface area (Å²) in [4.78, 5) is 12.7. The van der Waals surface area contributed by atoms with Gasteiger partial charge in [-0.2, -0.15) is 0 Å². The van der Waals surface area contributed by atoms with Crippen LogP contribution in [0.1, 0.15) is 29.3 Å². The van der Waals surface area contributed by atoms with Crippen LogP contribution in [-0.2, 0) is 0 Å². The third-order valence-corrected chi connectivity index (χ3v) is 3.52. The standard InChI is InChI=1S/C18H15FNO3/c1-2-9-23-15-8-7-14(19)16-17(15)20-10-13(18(16)22)11-3-5-12(21)6-4-11/h3-8,10,21H,2,9H2,1H3. The molecule has 0 aromatic heterocycles. The van der Waals surface area contributed by atoms with Gasteiger partial charge in [-0.3, -0.25) is 10.1 Å². The maximum absolute atomic E-state index is 14.2. The highest BCUT2D eigenvalue weighted by Crippen LogP contribution is 2.38. The lowest BCUT2D eigenvalue weighted by Gasteiger charge is -2.19. The predicted molar refractivity (Wildman–Crippen MR) is 84.4 cm³/mol. The number of phenols is 1. The summed E-state index contributed by atoms with van der Waals surface area (Å²) in [6.45, 7) is 2.43. The highest BCUT2D eigenvalue weighted by Gasteiger charge is 2.28. The number of aromatic hydroxyl groups is 1. The van der Waals surface area contributed by atoms with Gasteiger partial charge in [-0.15, -0.1) is 0 Å². The number of allylic oxidation sites excluding steroid dienone is 1. The van der Waals surface area contributed by atoms with Crippen molar-refractivity contribution in [3.8, 4) is 11.5 Å². The van der Waals surface area contributed by atoms with Gasteiger partial charge in [0.25, 0.3) is 0 Å². The number of rotatable bonds is 4. The minimum Gasteiger partial charge on any atom is -0.508 e. The molecule has 2 aromatic rings. The van der Waals surface area contributed by atoms with Crippen molar-refractivity contribution < 1.29 is 19.0 Å². The van der Waals surface area contributed by atoms with E-state index in [-0.39, 0.29) is 22.6 Å². The first-order valence-electron chi connectivity index (χ1n) is 7.32. The molecule has 0 bridgehead atoms. The molecule has 0 unspecified atom stereocenters. The van der Waals surface area contributed by atoms with Crippen LogP contribution in [-0.4, -0.2) is 17.5 Å². The minimum atomic E-state index is -0.623. The summed E-state index contributed by atoms with van der Waals surface area (Å²) in [5.41, 5.74) is 1.00. The van der Waals surface area contributed by atoms with Crippen LogP contribution in [0.25, 0.3) is 5.57 Å². The fourth-order valence-corrected chi connectivity index (χ4v) is 2.39. The fraction of sp³-hybridized carbons (Fsp3) is 0.167. The number of phenolic OH excluding ortho intramolecular Hbond substituents is 1. The first-order chi connectivity index (χ1) is 11.1. The Morgan fingerprint density at radius 3 is 2.61 bits per heavy atom. The second kappa shape index (κ2) is 6.12. The molecule has 117 valence electrons. The van der Waals surface area contributed by atoms with E-state index in [9.17, 15) is 14.3 Å². The van der Waals surface area contributed by atoms with Crippen molar-refractivity contribution in [1.29, 1.82) is 0 Å². The second-order valence-electron chi connectivity index (χ2n) is 5.17. The van der Waals surface area contributed by atoms with Gasteiger partial charge in [0.05, 0.1) is 12.2 Å². The Morgan fingerprint density at radius 2 is 1.91 bits per heavy atom. The number of ketones is 1. The molecule has 23 heavy (non-hydrogen) atoms. The van der Waals surface area contributed by atoms with Gasteiger partial charge >= 0.3 is 0 Å². The average Bonchev–Trinajstić information content (AvgIpc) is 2.55. The maximum Gasteiger partial charge on any atom is 0.200 e. The normalized spacial score (nSPS) is 13.1. The highest BCUT2D eigenvalue weighted by molar-refractivity contribution is 6.31. The lowest BCUT2D eigenvalue weighted by molar-refractivity contribution is 0.105. The van der Waals surface area contributed by atoms with E-state index in [2.05, 4.69) is 5.32 Å². The zero-order chi connectivity index (χ0) is 16.4. The van der Waals surface area contributed by atoms with Crippen molar-refractivity contribution in [2.75, 3.05) is 6.61 Å². The number of carbonyl (C=O) groups is 1. The molecule has 2 aromatic carbocycles. The summed E-state index contributed by atoms with van der Waals surface area (Å²) in [5, 5.41) is 13.6. The predicted octanol–water partition coefficient (Wildman–Crippen LogP) is 3.79. The Kier molecular flexibility index (Phi) is 4.02. The van der Waals surface area contributed by atoms with Gasteiger partial charge in [-0.25, -0.2) is 4.39 Å². The van der Waals surface area contributed by atoms with Gasteiger partial charge in [-0.1, -0.05) is 19.1 Å². The first-order valence-corrected chi connectivity index (χ1v) is 7.32. The number of Topliss-reactive ketones (excluding diaryl/α,β-unsaturated/α-hetero) is 1. The van der Waals surface area contributed by atoms with E-state index in [0.717, 1.165) is 6.42 Å².